The van der Waals surface area contributed by atoms with Crippen molar-refractivity contribution in [3.8, 4) is 0 Å². The summed E-state index contributed by atoms with van der Waals surface area (Å²) >= 11 is 1.51. The smallest absolute Gasteiger partial charge is 0.230 e. The Hall–Kier alpha value is -0.960. The molecule has 7 atom stereocenters. The van der Waals surface area contributed by atoms with Crippen molar-refractivity contribution in [2.24, 2.45) is 40.4 Å². The van der Waals surface area contributed by atoms with Gasteiger partial charge in [-0.15, -0.1) is 0 Å². The summed E-state index contributed by atoms with van der Waals surface area (Å²) in [6.07, 6.45) is 17.7. The molecule has 1 N–H and O–H groups in total. The van der Waals surface area contributed by atoms with Crippen LogP contribution in [0.4, 0.5) is 0 Å². The van der Waals surface area contributed by atoms with Gasteiger partial charge in [0.2, 0.25) is 5.91 Å². The van der Waals surface area contributed by atoms with Crippen molar-refractivity contribution in [1.82, 2.24) is 4.72 Å². The van der Waals surface area contributed by atoms with Gasteiger partial charge in [0, 0.05) is 11.3 Å². The zero-order valence-electron chi connectivity index (χ0n) is 23.1. The minimum atomic E-state index is 0.196. The second kappa shape index (κ2) is 10.1. The van der Waals surface area contributed by atoms with Crippen LogP contribution in [0.1, 0.15) is 114 Å². The number of rotatable bonds is 6. The summed E-state index contributed by atoms with van der Waals surface area (Å²) in [7, 11) is 0. The predicted octanol–water partition coefficient (Wildman–Crippen LogP) is 8.95. The Morgan fingerprint density at radius 1 is 0.914 bits per heavy atom. The first-order valence-corrected chi connectivity index (χ1v) is 15.6. The number of fused-ring (bicyclic) bond motifs is 5. The molecule has 0 radical (unpaired) electrons. The molecule has 0 saturated heterocycles. The quantitative estimate of drug-likeness (QED) is 0.399. The molecular formula is C32H49NOS. The minimum Gasteiger partial charge on any atom is -0.296 e. The number of amides is 1. The highest BCUT2D eigenvalue weighted by molar-refractivity contribution is 7.98. The molecule has 5 rings (SSSR count). The maximum absolute atomic E-state index is 12.7. The number of carbonyl (C=O) groups excluding carboxylic acids is 1. The van der Waals surface area contributed by atoms with Crippen molar-refractivity contribution < 1.29 is 4.79 Å². The second-order valence-electron chi connectivity index (χ2n) is 13.5. The third-order valence-corrected chi connectivity index (χ3v) is 12.8. The van der Waals surface area contributed by atoms with Crippen LogP contribution in [0.2, 0.25) is 0 Å². The summed E-state index contributed by atoms with van der Waals surface area (Å²) < 4.78 is 3.14. The van der Waals surface area contributed by atoms with Gasteiger partial charge in [0.25, 0.3) is 0 Å². The molecule has 4 saturated carbocycles. The predicted molar refractivity (Wildman–Crippen MR) is 148 cm³/mol. The lowest BCUT2D eigenvalue weighted by Gasteiger charge is -2.60. The van der Waals surface area contributed by atoms with E-state index < -0.39 is 0 Å². The topological polar surface area (TPSA) is 29.1 Å². The molecule has 3 heteroatoms. The Balaban J connectivity index is 1.14. The van der Waals surface area contributed by atoms with Crippen LogP contribution >= 0.6 is 11.9 Å². The van der Waals surface area contributed by atoms with E-state index in [1.807, 2.05) is 0 Å². The maximum Gasteiger partial charge on any atom is 0.230 e. The van der Waals surface area contributed by atoms with Crippen molar-refractivity contribution in [2.75, 3.05) is 0 Å². The molecule has 2 nitrogen and oxygen atoms in total. The van der Waals surface area contributed by atoms with E-state index >= 15 is 0 Å². The van der Waals surface area contributed by atoms with Crippen molar-refractivity contribution in [2.45, 2.75) is 123 Å². The van der Waals surface area contributed by atoms with Gasteiger partial charge in [0.15, 0.2) is 0 Å². The number of hydrogen-bond acceptors (Lipinski definition) is 2. The van der Waals surface area contributed by atoms with E-state index in [-0.39, 0.29) is 5.91 Å². The number of aryl methyl sites for hydroxylation is 3. The molecule has 0 heterocycles. The number of hydrogen-bond donors (Lipinski definition) is 1. The summed E-state index contributed by atoms with van der Waals surface area (Å²) in [5.41, 5.74) is 4.97. The van der Waals surface area contributed by atoms with Crippen LogP contribution in [0.25, 0.3) is 0 Å². The van der Waals surface area contributed by atoms with Gasteiger partial charge in [-0.2, -0.15) is 0 Å². The minimum absolute atomic E-state index is 0.196. The lowest BCUT2D eigenvalue weighted by molar-refractivity contribution is -0.119. The first kappa shape index (κ1) is 25.7. The molecule has 0 aliphatic heterocycles. The monoisotopic (exact) mass is 495 g/mol. The Bertz CT molecular complexity index is 918. The Kier molecular flexibility index (Phi) is 7.39. The largest absolute Gasteiger partial charge is 0.296 e. The van der Waals surface area contributed by atoms with Gasteiger partial charge in [-0.1, -0.05) is 44.4 Å². The van der Waals surface area contributed by atoms with Gasteiger partial charge >= 0.3 is 0 Å². The van der Waals surface area contributed by atoms with Crippen molar-refractivity contribution >= 4 is 17.9 Å². The molecule has 4 aliphatic carbocycles. The molecule has 7 unspecified atom stereocenters. The van der Waals surface area contributed by atoms with Gasteiger partial charge in [-0.25, -0.2) is 0 Å². The maximum atomic E-state index is 12.7. The van der Waals surface area contributed by atoms with Crippen LogP contribution in [-0.2, 0) is 4.79 Å². The van der Waals surface area contributed by atoms with Crippen molar-refractivity contribution in [3.63, 3.8) is 0 Å². The van der Waals surface area contributed by atoms with Crippen LogP contribution in [-0.4, -0.2) is 5.91 Å². The summed E-state index contributed by atoms with van der Waals surface area (Å²) in [5.74, 6) is 4.97. The lowest BCUT2D eigenvalue weighted by atomic mass is 9.45. The number of benzene rings is 1. The van der Waals surface area contributed by atoms with Crippen molar-refractivity contribution in [3.05, 3.63) is 28.8 Å². The first-order valence-electron chi connectivity index (χ1n) is 14.8. The SMILES string of the molecule is Cc1cc(C)c(SNC(=O)CCCC2CCC3C4CCC5CCCCC5(C)C4CCC23C)c(C)c1. The fraction of sp³-hybridized carbons (Fsp3) is 0.781. The molecule has 0 aromatic heterocycles. The normalized spacial score (nSPS) is 38.4. The highest BCUT2D eigenvalue weighted by atomic mass is 32.2. The molecular weight excluding hydrogens is 446 g/mol. The second-order valence-corrected chi connectivity index (χ2v) is 14.3. The van der Waals surface area contributed by atoms with Crippen molar-refractivity contribution in [1.29, 1.82) is 0 Å². The molecule has 1 amide bonds. The van der Waals surface area contributed by atoms with E-state index in [0.717, 1.165) is 36.0 Å². The Morgan fingerprint density at radius 2 is 1.66 bits per heavy atom. The summed E-state index contributed by atoms with van der Waals surface area (Å²) in [6, 6.07) is 4.41. The summed E-state index contributed by atoms with van der Waals surface area (Å²) in [5, 5.41) is 0. The average molecular weight is 496 g/mol. The third kappa shape index (κ3) is 4.73. The first-order chi connectivity index (χ1) is 16.7. The Labute approximate surface area is 219 Å². The fourth-order valence-corrected chi connectivity index (χ4v) is 10.6. The molecule has 1 aromatic rings. The zero-order valence-corrected chi connectivity index (χ0v) is 23.9. The van der Waals surface area contributed by atoms with Gasteiger partial charge in [-0.05, 0) is 148 Å². The van der Waals surface area contributed by atoms with Gasteiger partial charge in [0.05, 0.1) is 0 Å². The molecule has 1 aromatic carbocycles. The highest BCUT2D eigenvalue weighted by Crippen LogP contribution is 2.67. The summed E-state index contributed by atoms with van der Waals surface area (Å²) in [4.78, 5) is 13.9. The highest BCUT2D eigenvalue weighted by Gasteiger charge is 2.59. The lowest BCUT2D eigenvalue weighted by Crippen LogP contribution is -2.52. The Morgan fingerprint density at radius 3 is 2.43 bits per heavy atom. The molecule has 35 heavy (non-hydrogen) atoms. The van der Waals surface area contributed by atoms with Crippen LogP contribution in [0.5, 0.6) is 0 Å². The molecule has 4 aliphatic rings. The van der Waals surface area contributed by atoms with E-state index in [0.29, 0.717) is 17.3 Å². The van der Waals surface area contributed by atoms with Crippen LogP contribution in [0.3, 0.4) is 0 Å². The van der Waals surface area contributed by atoms with E-state index in [2.05, 4.69) is 51.5 Å². The molecule has 0 spiro atoms. The average Bonchev–Trinajstić information content (AvgIpc) is 3.14. The van der Waals surface area contributed by atoms with E-state index in [4.69, 9.17) is 0 Å². The van der Waals surface area contributed by atoms with E-state index in [1.165, 1.54) is 104 Å². The van der Waals surface area contributed by atoms with Crippen LogP contribution in [0.15, 0.2) is 17.0 Å². The molecule has 194 valence electrons. The number of carbonyl (C=O) groups is 1. The fourth-order valence-electron chi connectivity index (χ4n) is 9.87. The van der Waals surface area contributed by atoms with Gasteiger partial charge in [-0.3, -0.25) is 9.52 Å². The standard InChI is InChI=1S/C32H49NOS/c1-21-19-22(2)30(23(3)20-21)35-33-29(34)11-8-10-25-13-15-27-26-14-12-24-9-6-7-17-31(24,4)28(26)16-18-32(25,27)5/h19-20,24-28H,6-18H2,1-5H3,(H,33,34). The zero-order chi connectivity index (χ0) is 24.8. The van der Waals surface area contributed by atoms with E-state index in [1.54, 1.807) is 0 Å². The molecule has 4 fully saturated rings. The third-order valence-electron chi connectivity index (χ3n) is 11.6. The van der Waals surface area contributed by atoms with Gasteiger partial charge in [0.1, 0.15) is 0 Å². The van der Waals surface area contributed by atoms with Crippen LogP contribution < -0.4 is 4.72 Å². The van der Waals surface area contributed by atoms with Crippen LogP contribution in [0, 0.1) is 61.2 Å². The molecule has 0 bridgehead atoms. The summed E-state index contributed by atoms with van der Waals surface area (Å²) in [6.45, 7) is 11.8. The van der Waals surface area contributed by atoms with Gasteiger partial charge < -0.3 is 0 Å². The van der Waals surface area contributed by atoms with E-state index in [9.17, 15) is 4.79 Å². The number of nitrogens with one attached hydrogen (secondary N) is 1.